The normalized spacial score (nSPS) is 18.8. The molecule has 2 aliphatic rings. The van der Waals surface area contributed by atoms with Crippen LogP contribution in [-0.2, 0) is 0 Å². The Balaban J connectivity index is 2.22. The summed E-state index contributed by atoms with van der Waals surface area (Å²) >= 11 is 5.07. The first-order valence-electron chi connectivity index (χ1n) is 5.14. The average Bonchev–Trinajstić information content (AvgIpc) is 2.69. The first-order valence-corrected chi connectivity index (χ1v) is 5.55. The van der Waals surface area contributed by atoms with Crippen LogP contribution in [0.2, 0.25) is 0 Å². The van der Waals surface area contributed by atoms with E-state index in [1.807, 2.05) is 0 Å². The van der Waals surface area contributed by atoms with E-state index in [4.69, 9.17) is 22.5 Å². The Labute approximate surface area is 104 Å². The standard InChI is InChI=1S/C10H12N4O2S/c15-7-1-4-14-9(11-12-10(14)17)8-2-5-13(16)6-3-8/h2-3,5-6,15-16H,1,4,7H2. The number of hydroxylamine groups is 2. The van der Waals surface area contributed by atoms with Crippen molar-refractivity contribution in [1.29, 1.82) is 0 Å². The van der Waals surface area contributed by atoms with Gasteiger partial charge in [0.1, 0.15) is 0 Å². The van der Waals surface area contributed by atoms with Gasteiger partial charge in [-0.2, -0.15) is 0 Å². The van der Waals surface area contributed by atoms with Crippen molar-refractivity contribution in [3.8, 4) is 0 Å². The molecule has 17 heavy (non-hydrogen) atoms. The van der Waals surface area contributed by atoms with E-state index in [-0.39, 0.29) is 6.61 Å². The van der Waals surface area contributed by atoms with E-state index in [1.54, 1.807) is 17.1 Å². The molecule has 0 radical (unpaired) electrons. The van der Waals surface area contributed by atoms with E-state index in [9.17, 15) is 0 Å². The number of nitrogens with zero attached hydrogens (tertiary/aromatic N) is 4. The van der Waals surface area contributed by atoms with Crippen LogP contribution in [0.5, 0.6) is 0 Å². The molecule has 2 N–H and O–H groups in total. The number of thiocarbonyl (C=S) groups is 1. The van der Waals surface area contributed by atoms with E-state index in [2.05, 4.69) is 10.2 Å². The smallest absolute Gasteiger partial charge is 0.222 e. The molecule has 7 heteroatoms. The van der Waals surface area contributed by atoms with E-state index in [0.29, 0.717) is 23.9 Å². The van der Waals surface area contributed by atoms with Crippen LogP contribution in [-0.4, -0.2) is 38.5 Å². The Morgan fingerprint density at radius 2 is 1.94 bits per heavy atom. The van der Waals surface area contributed by atoms with Gasteiger partial charge < -0.3 is 5.11 Å². The number of allylic oxidation sites excluding steroid dienone is 3. The third kappa shape index (κ3) is 2.57. The minimum Gasteiger partial charge on any atom is -0.396 e. The third-order valence-corrected chi connectivity index (χ3v) is 2.63. The maximum Gasteiger partial charge on any atom is 0.222 e. The summed E-state index contributed by atoms with van der Waals surface area (Å²) in [5, 5.41) is 27.2. The fourth-order valence-corrected chi connectivity index (χ4v) is 1.72. The van der Waals surface area contributed by atoms with E-state index >= 15 is 0 Å². The zero-order valence-corrected chi connectivity index (χ0v) is 9.84. The van der Waals surface area contributed by atoms with Crippen molar-refractivity contribution in [2.75, 3.05) is 13.2 Å². The zero-order valence-electron chi connectivity index (χ0n) is 9.02. The molecular formula is C10H12N4O2S. The fraction of sp³-hybridized carbons (Fsp3) is 0.300. The molecule has 0 amide bonds. The molecule has 2 rings (SSSR count). The Kier molecular flexibility index (Phi) is 3.62. The summed E-state index contributed by atoms with van der Waals surface area (Å²) in [6, 6.07) is 0. The van der Waals surface area contributed by atoms with Crippen LogP contribution in [0.25, 0.3) is 0 Å². The Hall–Kier alpha value is -1.57. The van der Waals surface area contributed by atoms with Gasteiger partial charge in [0, 0.05) is 31.1 Å². The summed E-state index contributed by atoms with van der Waals surface area (Å²) in [5.74, 6) is 0.643. The lowest BCUT2D eigenvalue weighted by Gasteiger charge is -2.18. The molecule has 0 aromatic carbocycles. The number of rotatable bonds is 3. The lowest BCUT2D eigenvalue weighted by molar-refractivity contribution is 0.0104. The molecule has 6 nitrogen and oxygen atoms in total. The molecular weight excluding hydrogens is 240 g/mol. The van der Waals surface area contributed by atoms with Gasteiger partial charge in [0.05, 0.1) is 0 Å². The molecule has 0 spiro atoms. The number of azo groups is 1. The van der Waals surface area contributed by atoms with Crippen molar-refractivity contribution in [1.82, 2.24) is 9.96 Å². The molecule has 0 bridgehead atoms. The number of aliphatic hydroxyl groups is 1. The van der Waals surface area contributed by atoms with Crippen molar-refractivity contribution >= 4 is 17.3 Å². The third-order valence-electron chi connectivity index (χ3n) is 2.33. The van der Waals surface area contributed by atoms with E-state index in [0.717, 1.165) is 10.6 Å². The lowest BCUT2D eigenvalue weighted by atomic mass is 10.2. The first-order chi connectivity index (χ1) is 8.22. The highest BCUT2D eigenvalue weighted by Gasteiger charge is 2.22. The van der Waals surface area contributed by atoms with E-state index in [1.165, 1.54) is 12.4 Å². The highest BCUT2D eigenvalue weighted by Crippen LogP contribution is 2.24. The second kappa shape index (κ2) is 5.17. The van der Waals surface area contributed by atoms with Crippen molar-refractivity contribution in [3.05, 3.63) is 35.9 Å². The topological polar surface area (TPSA) is 71.7 Å². The van der Waals surface area contributed by atoms with Gasteiger partial charge in [-0.1, -0.05) is 0 Å². The van der Waals surface area contributed by atoms with Crippen LogP contribution in [0.15, 0.2) is 46.2 Å². The first kappa shape index (κ1) is 11.9. The summed E-state index contributed by atoms with van der Waals surface area (Å²) in [6.45, 7) is 0.670. The number of hydrogen-bond donors (Lipinski definition) is 2. The van der Waals surface area contributed by atoms with Gasteiger partial charge in [-0.05, 0) is 30.8 Å². The monoisotopic (exact) mass is 252 g/mol. The Morgan fingerprint density at radius 1 is 1.24 bits per heavy atom. The summed E-state index contributed by atoms with van der Waals surface area (Å²) in [4.78, 5) is 1.77. The fourth-order valence-electron chi connectivity index (χ4n) is 1.50. The average molecular weight is 252 g/mol. The predicted molar refractivity (Wildman–Crippen MR) is 64.8 cm³/mol. The van der Waals surface area contributed by atoms with Gasteiger partial charge in [0.25, 0.3) is 0 Å². The molecule has 0 aliphatic carbocycles. The summed E-state index contributed by atoms with van der Waals surface area (Å²) in [6.07, 6.45) is 7.04. The minimum atomic E-state index is 0.0951. The predicted octanol–water partition coefficient (Wildman–Crippen LogP) is 1.37. The van der Waals surface area contributed by atoms with Gasteiger partial charge in [-0.3, -0.25) is 10.1 Å². The van der Waals surface area contributed by atoms with Crippen LogP contribution in [0.3, 0.4) is 0 Å². The van der Waals surface area contributed by atoms with Crippen molar-refractivity contribution in [2.24, 2.45) is 10.2 Å². The number of hydrogen-bond acceptors (Lipinski definition) is 5. The van der Waals surface area contributed by atoms with E-state index < -0.39 is 0 Å². The largest absolute Gasteiger partial charge is 0.396 e. The van der Waals surface area contributed by atoms with Gasteiger partial charge in [0.2, 0.25) is 5.11 Å². The molecule has 0 atom stereocenters. The second-order valence-corrected chi connectivity index (χ2v) is 3.87. The molecule has 0 aromatic heterocycles. The molecule has 2 aliphatic heterocycles. The van der Waals surface area contributed by atoms with Gasteiger partial charge in [-0.25, -0.2) is 5.06 Å². The summed E-state index contributed by atoms with van der Waals surface area (Å²) in [5.41, 5.74) is 0.817. The van der Waals surface area contributed by atoms with Crippen molar-refractivity contribution in [3.63, 3.8) is 0 Å². The Morgan fingerprint density at radius 3 is 2.59 bits per heavy atom. The van der Waals surface area contributed by atoms with Crippen LogP contribution in [0.4, 0.5) is 0 Å². The van der Waals surface area contributed by atoms with Crippen LogP contribution in [0, 0.1) is 0 Å². The molecule has 0 unspecified atom stereocenters. The molecule has 0 fully saturated rings. The minimum absolute atomic E-state index is 0.0951. The molecule has 0 aromatic rings. The molecule has 0 saturated heterocycles. The number of aliphatic hydroxyl groups excluding tert-OH is 1. The zero-order chi connectivity index (χ0) is 12.3. The quantitative estimate of drug-likeness (QED) is 0.742. The van der Waals surface area contributed by atoms with Gasteiger partial charge in [0.15, 0.2) is 5.82 Å². The van der Waals surface area contributed by atoms with Gasteiger partial charge >= 0.3 is 0 Å². The van der Waals surface area contributed by atoms with Crippen molar-refractivity contribution in [2.45, 2.75) is 6.42 Å². The highest BCUT2D eigenvalue weighted by molar-refractivity contribution is 7.80. The molecule has 0 saturated carbocycles. The molecule has 90 valence electrons. The Bertz CT molecular complexity index is 426. The maximum atomic E-state index is 9.14. The van der Waals surface area contributed by atoms with Crippen molar-refractivity contribution < 1.29 is 10.3 Å². The lowest BCUT2D eigenvalue weighted by Crippen LogP contribution is -2.25. The summed E-state index contributed by atoms with van der Waals surface area (Å²) < 4.78 is 0. The van der Waals surface area contributed by atoms with Crippen LogP contribution >= 0.6 is 12.2 Å². The second-order valence-electron chi connectivity index (χ2n) is 3.50. The van der Waals surface area contributed by atoms with Crippen LogP contribution in [0.1, 0.15) is 6.42 Å². The van der Waals surface area contributed by atoms with Gasteiger partial charge in [-0.15, -0.1) is 10.2 Å². The SMILES string of the molecule is OCCCN1C(=S)N=NC1=C1C=CN(O)C=C1. The highest BCUT2D eigenvalue weighted by atomic mass is 32.1. The maximum absolute atomic E-state index is 9.14. The van der Waals surface area contributed by atoms with Crippen LogP contribution < -0.4 is 0 Å². The summed E-state index contributed by atoms with van der Waals surface area (Å²) in [7, 11) is 0. The molecule has 2 heterocycles.